The first-order chi connectivity index (χ1) is 25.8. The first-order valence-corrected chi connectivity index (χ1v) is 18.5. The van der Waals surface area contributed by atoms with Crippen molar-refractivity contribution in [3.8, 4) is 33.6 Å². The zero-order valence-electron chi connectivity index (χ0n) is 30.4. The van der Waals surface area contributed by atoms with Crippen molar-refractivity contribution < 1.29 is 9.31 Å². The van der Waals surface area contributed by atoms with E-state index in [4.69, 9.17) is 9.31 Å². The Labute approximate surface area is 310 Å². The molecule has 0 saturated carbocycles. The number of hydrogen-bond acceptors (Lipinski definition) is 2. The number of fused-ring (bicyclic) bond motifs is 6. The lowest BCUT2D eigenvalue weighted by atomic mass is 9.78. The van der Waals surface area contributed by atoms with Gasteiger partial charge >= 0.3 is 7.12 Å². The van der Waals surface area contributed by atoms with Gasteiger partial charge in [0, 0.05) is 27.2 Å². The molecule has 4 nitrogen and oxygen atoms in total. The molecular weight excluding hydrogens is 647 g/mol. The van der Waals surface area contributed by atoms with Gasteiger partial charge in [0.15, 0.2) is 0 Å². The highest BCUT2D eigenvalue weighted by Crippen LogP contribution is 2.42. The Kier molecular flexibility index (Phi) is 7.10. The molecule has 9 aromatic rings. The maximum Gasteiger partial charge on any atom is 0.494 e. The fraction of sp³-hybridized carbons (Fsp3) is 0.125. The van der Waals surface area contributed by atoms with E-state index in [0.29, 0.717) is 0 Å². The number of benzene rings is 7. The van der Waals surface area contributed by atoms with E-state index in [1.54, 1.807) is 0 Å². The monoisotopic (exact) mass is 686 g/mol. The highest BCUT2D eigenvalue weighted by molar-refractivity contribution is 6.62. The first kappa shape index (κ1) is 31.8. The van der Waals surface area contributed by atoms with E-state index in [-0.39, 0.29) is 0 Å². The lowest BCUT2D eigenvalue weighted by molar-refractivity contribution is 0.00578. The smallest absolute Gasteiger partial charge is 0.399 e. The van der Waals surface area contributed by atoms with Gasteiger partial charge in [-0.3, -0.25) is 0 Å². The predicted molar refractivity (Wildman–Crippen MR) is 222 cm³/mol. The summed E-state index contributed by atoms with van der Waals surface area (Å²) in [6.45, 7) is 8.44. The van der Waals surface area contributed by atoms with Gasteiger partial charge in [-0.25, -0.2) is 0 Å². The van der Waals surface area contributed by atoms with Gasteiger partial charge < -0.3 is 18.4 Å². The van der Waals surface area contributed by atoms with Gasteiger partial charge in [-0.05, 0) is 97.9 Å². The Morgan fingerprint density at radius 3 is 1.68 bits per heavy atom. The SMILES string of the molecule is CC1(C)OB(c2ccc3c4c(-n5c6ccccc6c6ccc(-c7ccccc7)cc65)cccc4n(-c4ccc(-c5ccccc5)cc4)c3c2)OC1(C)C. The van der Waals surface area contributed by atoms with Crippen molar-refractivity contribution in [3.05, 3.63) is 164 Å². The maximum atomic E-state index is 6.57. The molecule has 0 spiro atoms. The van der Waals surface area contributed by atoms with E-state index in [1.165, 1.54) is 54.8 Å². The molecule has 1 aliphatic heterocycles. The molecule has 1 fully saturated rings. The summed E-state index contributed by atoms with van der Waals surface area (Å²) in [5.41, 5.74) is 11.8. The van der Waals surface area contributed by atoms with Crippen LogP contribution in [0.2, 0.25) is 0 Å². The Balaban J connectivity index is 1.25. The highest BCUT2D eigenvalue weighted by Gasteiger charge is 2.51. The van der Waals surface area contributed by atoms with Gasteiger partial charge in [0.05, 0.1) is 39.0 Å². The third-order valence-corrected chi connectivity index (χ3v) is 11.6. The van der Waals surface area contributed by atoms with E-state index in [0.717, 1.165) is 27.9 Å². The van der Waals surface area contributed by atoms with Crippen LogP contribution < -0.4 is 5.46 Å². The van der Waals surface area contributed by atoms with Gasteiger partial charge in [-0.1, -0.05) is 121 Å². The molecule has 7 aromatic carbocycles. The van der Waals surface area contributed by atoms with Crippen molar-refractivity contribution >= 4 is 56.2 Å². The van der Waals surface area contributed by atoms with Gasteiger partial charge in [-0.2, -0.15) is 0 Å². The van der Waals surface area contributed by atoms with Crippen LogP contribution in [0.15, 0.2) is 164 Å². The fourth-order valence-electron chi connectivity index (χ4n) is 8.13. The normalized spacial score (nSPS) is 15.3. The molecule has 0 bridgehead atoms. The second-order valence-electron chi connectivity index (χ2n) is 15.2. The first-order valence-electron chi connectivity index (χ1n) is 18.5. The zero-order chi connectivity index (χ0) is 35.9. The largest absolute Gasteiger partial charge is 0.494 e. The van der Waals surface area contributed by atoms with Crippen molar-refractivity contribution in [1.82, 2.24) is 9.13 Å². The number of para-hydroxylation sites is 1. The average Bonchev–Trinajstić information content (AvgIpc) is 3.78. The summed E-state index contributed by atoms with van der Waals surface area (Å²) < 4.78 is 18.0. The summed E-state index contributed by atoms with van der Waals surface area (Å²) in [7, 11) is -0.468. The van der Waals surface area contributed by atoms with E-state index in [1.807, 2.05) is 0 Å². The van der Waals surface area contributed by atoms with Crippen LogP contribution in [0.5, 0.6) is 0 Å². The molecule has 1 aliphatic rings. The van der Waals surface area contributed by atoms with Gasteiger partial charge in [0.1, 0.15) is 0 Å². The van der Waals surface area contributed by atoms with E-state index < -0.39 is 18.3 Å². The summed E-state index contributed by atoms with van der Waals surface area (Å²) in [5.74, 6) is 0. The molecule has 0 radical (unpaired) electrons. The van der Waals surface area contributed by atoms with Crippen LogP contribution in [0.25, 0.3) is 77.2 Å². The Hall–Kier alpha value is -5.88. The van der Waals surface area contributed by atoms with Crippen LogP contribution in [0.3, 0.4) is 0 Å². The molecule has 256 valence electrons. The fourth-order valence-corrected chi connectivity index (χ4v) is 8.13. The third kappa shape index (κ3) is 4.99. The molecule has 0 N–H and O–H groups in total. The van der Waals surface area contributed by atoms with E-state index in [2.05, 4.69) is 201 Å². The van der Waals surface area contributed by atoms with Crippen LogP contribution in [0.1, 0.15) is 27.7 Å². The van der Waals surface area contributed by atoms with Gasteiger partial charge in [0.2, 0.25) is 0 Å². The molecule has 10 rings (SSSR count). The lowest BCUT2D eigenvalue weighted by Gasteiger charge is -2.32. The number of aromatic nitrogens is 2. The van der Waals surface area contributed by atoms with Crippen molar-refractivity contribution in [2.45, 2.75) is 38.9 Å². The van der Waals surface area contributed by atoms with Crippen molar-refractivity contribution in [1.29, 1.82) is 0 Å². The third-order valence-electron chi connectivity index (χ3n) is 11.6. The molecule has 0 atom stereocenters. The minimum Gasteiger partial charge on any atom is -0.399 e. The number of hydrogen-bond donors (Lipinski definition) is 0. The molecule has 1 saturated heterocycles. The molecule has 53 heavy (non-hydrogen) atoms. The van der Waals surface area contributed by atoms with Crippen LogP contribution >= 0.6 is 0 Å². The molecular formula is C48H39BN2O2. The predicted octanol–water partition coefficient (Wildman–Crippen LogP) is 11.5. The molecule has 0 amide bonds. The summed E-state index contributed by atoms with van der Waals surface area (Å²) in [6.07, 6.45) is 0. The maximum absolute atomic E-state index is 6.57. The quantitative estimate of drug-likeness (QED) is 0.169. The average molecular weight is 687 g/mol. The van der Waals surface area contributed by atoms with Crippen LogP contribution in [0.4, 0.5) is 0 Å². The molecule has 0 unspecified atom stereocenters. The molecule has 3 heterocycles. The van der Waals surface area contributed by atoms with Crippen LogP contribution in [0, 0.1) is 0 Å². The van der Waals surface area contributed by atoms with Crippen molar-refractivity contribution in [3.63, 3.8) is 0 Å². The molecule has 0 aliphatic carbocycles. The Morgan fingerprint density at radius 2 is 0.962 bits per heavy atom. The van der Waals surface area contributed by atoms with Gasteiger partial charge in [-0.15, -0.1) is 0 Å². The van der Waals surface area contributed by atoms with Crippen molar-refractivity contribution in [2.75, 3.05) is 0 Å². The van der Waals surface area contributed by atoms with Crippen LogP contribution in [-0.2, 0) is 9.31 Å². The Bertz CT molecular complexity index is 2820. The number of nitrogens with zero attached hydrogens (tertiary/aromatic N) is 2. The minimum absolute atomic E-state index is 0.436. The summed E-state index contributed by atoms with van der Waals surface area (Å²) >= 11 is 0. The topological polar surface area (TPSA) is 28.3 Å². The zero-order valence-corrected chi connectivity index (χ0v) is 30.4. The van der Waals surface area contributed by atoms with E-state index >= 15 is 0 Å². The van der Waals surface area contributed by atoms with E-state index in [9.17, 15) is 0 Å². The standard InChI is InChI=1S/C48H39BN2O2/c1-47(2)48(3,4)53-49(52-47)36-25-29-40-45(31-36)50(37-26-22-34(23-27-37)32-14-7-5-8-15-32)42-20-13-21-43(46(40)42)51-41-19-12-11-18-38(41)39-28-24-35(30-44(39)51)33-16-9-6-10-17-33/h5-31H,1-4H3. The second-order valence-corrected chi connectivity index (χ2v) is 15.2. The van der Waals surface area contributed by atoms with Crippen LogP contribution in [-0.4, -0.2) is 27.5 Å². The highest BCUT2D eigenvalue weighted by atomic mass is 16.7. The summed E-state index contributed by atoms with van der Waals surface area (Å²) in [6, 6.07) is 59.2. The molecule has 5 heteroatoms. The Morgan fingerprint density at radius 1 is 0.415 bits per heavy atom. The lowest BCUT2D eigenvalue weighted by Crippen LogP contribution is -2.41. The van der Waals surface area contributed by atoms with Crippen molar-refractivity contribution in [2.24, 2.45) is 0 Å². The molecule has 2 aromatic heterocycles. The summed E-state index contributed by atoms with van der Waals surface area (Å²) in [5, 5.41) is 4.85. The number of rotatable bonds is 5. The summed E-state index contributed by atoms with van der Waals surface area (Å²) in [4.78, 5) is 0. The second kappa shape index (κ2) is 11.8. The van der Waals surface area contributed by atoms with Gasteiger partial charge in [0.25, 0.3) is 0 Å². The minimum atomic E-state index is -0.468.